The highest BCUT2D eigenvalue weighted by atomic mass is 79.9. The second-order valence-corrected chi connectivity index (χ2v) is 5.73. The highest BCUT2D eigenvalue weighted by molar-refractivity contribution is 9.10. The Morgan fingerprint density at radius 3 is 2.61 bits per heavy atom. The summed E-state index contributed by atoms with van der Waals surface area (Å²) in [6.45, 7) is 3.58. The molecule has 0 fully saturated rings. The lowest BCUT2D eigenvalue weighted by atomic mass is 9.80. The molecule has 0 aliphatic carbocycles. The van der Waals surface area contributed by atoms with E-state index in [1.54, 1.807) is 26.0 Å². The van der Waals surface area contributed by atoms with Crippen LogP contribution < -0.4 is 0 Å². The highest BCUT2D eigenvalue weighted by Crippen LogP contribution is 2.33. The number of hydrogen-bond donors (Lipinski definition) is 1. The van der Waals surface area contributed by atoms with Gasteiger partial charge in [0.05, 0.1) is 13.0 Å². The molecule has 0 saturated carbocycles. The lowest BCUT2D eigenvalue weighted by Gasteiger charge is -2.25. The van der Waals surface area contributed by atoms with Crippen molar-refractivity contribution in [1.82, 2.24) is 0 Å². The van der Waals surface area contributed by atoms with Crippen molar-refractivity contribution in [1.29, 1.82) is 0 Å². The zero-order valence-electron chi connectivity index (χ0n) is 10.6. The Balaban J connectivity index is 3.26. The van der Waals surface area contributed by atoms with Gasteiger partial charge in [0.15, 0.2) is 0 Å². The average molecular weight is 319 g/mol. The van der Waals surface area contributed by atoms with Crippen LogP contribution in [0.1, 0.15) is 31.4 Å². The zero-order chi connectivity index (χ0) is 13.9. The van der Waals surface area contributed by atoms with Crippen LogP contribution >= 0.6 is 15.9 Å². The number of rotatable bonds is 5. The van der Waals surface area contributed by atoms with Crippen molar-refractivity contribution in [3.63, 3.8) is 0 Å². The monoisotopic (exact) mass is 318 g/mol. The molecule has 0 bridgehead atoms. The molecule has 1 aromatic carbocycles. The fourth-order valence-corrected chi connectivity index (χ4v) is 2.38. The van der Waals surface area contributed by atoms with Crippen LogP contribution in [0, 0.1) is 5.82 Å². The topological polar surface area (TPSA) is 46.5 Å². The molecule has 0 saturated heterocycles. The number of benzene rings is 1. The Bertz CT molecular complexity index is 458. The van der Waals surface area contributed by atoms with E-state index in [0.29, 0.717) is 15.6 Å². The Morgan fingerprint density at radius 2 is 2.11 bits per heavy atom. The van der Waals surface area contributed by atoms with E-state index in [9.17, 15) is 9.18 Å². The molecule has 0 spiro atoms. The van der Waals surface area contributed by atoms with Crippen molar-refractivity contribution in [2.24, 2.45) is 0 Å². The summed E-state index contributed by atoms with van der Waals surface area (Å²) < 4.78 is 19.9. The molecule has 0 atom stereocenters. The molecular formula is C13H16BrFO3. The lowest BCUT2D eigenvalue weighted by molar-refractivity contribution is -0.138. The van der Waals surface area contributed by atoms with E-state index in [1.165, 1.54) is 7.11 Å². The number of ether oxygens (including phenoxy) is 1. The summed E-state index contributed by atoms with van der Waals surface area (Å²) in [6, 6.07) is 3.26. The van der Waals surface area contributed by atoms with Gasteiger partial charge in [-0.15, -0.1) is 0 Å². The first-order valence-electron chi connectivity index (χ1n) is 5.47. The van der Waals surface area contributed by atoms with Crippen molar-refractivity contribution in [2.45, 2.75) is 32.3 Å². The molecule has 1 aromatic rings. The van der Waals surface area contributed by atoms with E-state index >= 15 is 0 Å². The first-order chi connectivity index (χ1) is 8.27. The van der Waals surface area contributed by atoms with E-state index in [2.05, 4.69) is 15.9 Å². The molecule has 0 aliphatic rings. The fourth-order valence-electron chi connectivity index (χ4n) is 1.87. The van der Waals surface area contributed by atoms with Crippen LogP contribution in [0.15, 0.2) is 16.6 Å². The van der Waals surface area contributed by atoms with Crippen molar-refractivity contribution in [2.75, 3.05) is 7.11 Å². The number of hydrogen-bond acceptors (Lipinski definition) is 2. The normalized spacial score (nSPS) is 11.6. The van der Waals surface area contributed by atoms with Crippen LogP contribution in [0.5, 0.6) is 0 Å². The molecule has 0 heterocycles. The maximum absolute atomic E-state index is 14.3. The van der Waals surface area contributed by atoms with E-state index in [1.807, 2.05) is 0 Å². The summed E-state index contributed by atoms with van der Waals surface area (Å²) in [5, 5.41) is 8.88. The average Bonchev–Trinajstić information content (AvgIpc) is 2.21. The summed E-state index contributed by atoms with van der Waals surface area (Å²) >= 11 is 3.31. The second kappa shape index (κ2) is 5.80. The van der Waals surface area contributed by atoms with Crippen molar-refractivity contribution in [3.8, 4) is 0 Å². The summed E-state index contributed by atoms with van der Waals surface area (Å²) in [6.07, 6.45) is -0.132. The minimum Gasteiger partial charge on any atom is -0.481 e. The maximum atomic E-state index is 14.3. The second-order valence-electron chi connectivity index (χ2n) is 4.81. The summed E-state index contributed by atoms with van der Waals surface area (Å²) in [7, 11) is 1.49. The largest absolute Gasteiger partial charge is 0.481 e. The quantitative estimate of drug-likeness (QED) is 0.904. The number of carboxylic acids is 1. The van der Waals surface area contributed by atoms with Gasteiger partial charge < -0.3 is 9.84 Å². The number of carbonyl (C=O) groups is 1. The van der Waals surface area contributed by atoms with Crippen LogP contribution in [0.2, 0.25) is 0 Å². The van der Waals surface area contributed by atoms with Crippen LogP contribution in [-0.2, 0) is 21.6 Å². The molecule has 0 radical (unpaired) electrons. The van der Waals surface area contributed by atoms with Gasteiger partial charge in [-0.05, 0) is 17.7 Å². The van der Waals surface area contributed by atoms with Gasteiger partial charge in [-0.25, -0.2) is 4.39 Å². The van der Waals surface area contributed by atoms with Gasteiger partial charge >= 0.3 is 5.97 Å². The molecular weight excluding hydrogens is 303 g/mol. The van der Waals surface area contributed by atoms with Gasteiger partial charge in [-0.3, -0.25) is 4.79 Å². The van der Waals surface area contributed by atoms with E-state index in [4.69, 9.17) is 9.84 Å². The molecule has 1 rings (SSSR count). The van der Waals surface area contributed by atoms with Gasteiger partial charge in [0.2, 0.25) is 0 Å². The number of carboxylic acid groups (broad SMARTS) is 1. The molecule has 0 aliphatic heterocycles. The lowest BCUT2D eigenvalue weighted by Crippen LogP contribution is -2.23. The predicted molar refractivity (Wildman–Crippen MR) is 70.1 cm³/mol. The van der Waals surface area contributed by atoms with Crippen molar-refractivity contribution >= 4 is 21.9 Å². The highest BCUT2D eigenvalue weighted by Gasteiger charge is 2.28. The molecule has 0 unspecified atom stereocenters. The molecule has 3 nitrogen and oxygen atoms in total. The number of aliphatic carboxylic acids is 1. The van der Waals surface area contributed by atoms with Gasteiger partial charge in [0.25, 0.3) is 0 Å². The summed E-state index contributed by atoms with van der Waals surface area (Å²) in [5.41, 5.74) is 0.0222. The fraction of sp³-hybridized carbons (Fsp3) is 0.462. The summed E-state index contributed by atoms with van der Waals surface area (Å²) in [5.74, 6) is -1.35. The van der Waals surface area contributed by atoms with Crippen LogP contribution in [0.25, 0.3) is 0 Å². The Morgan fingerprint density at radius 1 is 1.50 bits per heavy atom. The van der Waals surface area contributed by atoms with E-state index in [-0.39, 0.29) is 13.0 Å². The smallest absolute Gasteiger partial charge is 0.304 e. The molecule has 18 heavy (non-hydrogen) atoms. The third-order valence-corrected chi connectivity index (χ3v) is 3.19. The number of halogens is 2. The Kier molecular flexibility index (Phi) is 4.87. The van der Waals surface area contributed by atoms with Crippen LogP contribution in [-0.4, -0.2) is 18.2 Å². The molecule has 5 heteroatoms. The van der Waals surface area contributed by atoms with E-state index < -0.39 is 17.2 Å². The standard InChI is InChI=1S/C13H16BrFO3/c1-13(2,6-11(16)17)10-5-9(14)4-8(7-18-3)12(10)15/h4-5H,6-7H2,1-3H3,(H,16,17). The van der Waals surface area contributed by atoms with Gasteiger partial charge in [-0.1, -0.05) is 29.8 Å². The Hall–Kier alpha value is -0.940. The minimum atomic E-state index is -0.951. The first-order valence-corrected chi connectivity index (χ1v) is 6.26. The third-order valence-electron chi connectivity index (χ3n) is 2.73. The molecule has 0 amide bonds. The van der Waals surface area contributed by atoms with Crippen molar-refractivity contribution < 1.29 is 19.0 Å². The molecule has 0 aromatic heterocycles. The first kappa shape index (κ1) is 15.1. The van der Waals surface area contributed by atoms with Gasteiger partial charge in [0.1, 0.15) is 5.82 Å². The Labute approximate surface area is 114 Å². The number of methoxy groups -OCH3 is 1. The summed E-state index contributed by atoms with van der Waals surface area (Å²) in [4.78, 5) is 10.8. The van der Waals surface area contributed by atoms with Gasteiger partial charge in [-0.2, -0.15) is 0 Å². The molecule has 100 valence electrons. The van der Waals surface area contributed by atoms with Crippen LogP contribution in [0.3, 0.4) is 0 Å². The van der Waals surface area contributed by atoms with Crippen molar-refractivity contribution in [3.05, 3.63) is 33.5 Å². The molecule has 1 N–H and O–H groups in total. The van der Waals surface area contributed by atoms with E-state index in [0.717, 1.165) is 0 Å². The minimum absolute atomic E-state index is 0.132. The predicted octanol–water partition coefficient (Wildman–Crippen LogP) is 3.49. The van der Waals surface area contributed by atoms with Crippen LogP contribution in [0.4, 0.5) is 4.39 Å². The zero-order valence-corrected chi connectivity index (χ0v) is 12.2. The third kappa shape index (κ3) is 3.53. The SMILES string of the molecule is COCc1cc(Br)cc(C(C)(C)CC(=O)O)c1F. The van der Waals surface area contributed by atoms with Gasteiger partial charge in [0, 0.05) is 22.6 Å². The maximum Gasteiger partial charge on any atom is 0.304 e.